The lowest BCUT2D eigenvalue weighted by atomic mass is 10.3. The first-order chi connectivity index (χ1) is 8.48. The van der Waals surface area contributed by atoms with Crippen LogP contribution in [0.5, 0.6) is 0 Å². The summed E-state index contributed by atoms with van der Waals surface area (Å²) < 4.78 is 25.3. The molecule has 0 aliphatic heterocycles. The monoisotopic (exact) mass is 285 g/mol. The predicted octanol–water partition coefficient (Wildman–Crippen LogP) is 2.04. The highest BCUT2D eigenvalue weighted by atomic mass is 32.2. The Balaban J connectivity index is 2.91. The summed E-state index contributed by atoms with van der Waals surface area (Å²) in [6.07, 6.45) is 1.03. The number of nitriles is 1. The van der Waals surface area contributed by atoms with Gasteiger partial charge >= 0.3 is 0 Å². The first-order valence-electron chi connectivity index (χ1n) is 5.38. The molecule has 0 fully saturated rings. The summed E-state index contributed by atoms with van der Waals surface area (Å²) in [6, 6.07) is 6.79. The highest BCUT2D eigenvalue weighted by Crippen LogP contribution is 2.27. The standard InChI is InChI=1S/C11H15N3O2S2/c1-2-6-17-9-3-4-10(13)11(8-9)14-18(15,16)7-5-12/h3-4,8,14H,2,6-7,13H2,1H3. The van der Waals surface area contributed by atoms with Crippen LogP contribution in [0.1, 0.15) is 13.3 Å². The molecule has 0 bridgehead atoms. The number of thioether (sulfide) groups is 1. The van der Waals surface area contributed by atoms with Crippen LogP contribution >= 0.6 is 11.8 Å². The Morgan fingerprint density at radius 3 is 2.83 bits per heavy atom. The lowest BCUT2D eigenvalue weighted by Crippen LogP contribution is -2.16. The van der Waals surface area contributed by atoms with Crippen LogP contribution in [-0.4, -0.2) is 19.9 Å². The molecule has 0 radical (unpaired) electrons. The molecule has 5 nitrogen and oxygen atoms in total. The van der Waals surface area contributed by atoms with Crippen molar-refractivity contribution in [3.05, 3.63) is 18.2 Å². The number of sulfonamides is 1. The molecule has 1 aromatic carbocycles. The third-order valence-corrected chi connectivity index (χ3v) is 4.26. The van der Waals surface area contributed by atoms with E-state index >= 15 is 0 Å². The Morgan fingerprint density at radius 1 is 1.50 bits per heavy atom. The molecule has 0 spiro atoms. The lowest BCUT2D eigenvalue weighted by Gasteiger charge is -2.10. The maximum Gasteiger partial charge on any atom is 0.246 e. The molecule has 1 aromatic rings. The van der Waals surface area contributed by atoms with Gasteiger partial charge in [-0.3, -0.25) is 4.72 Å². The van der Waals surface area contributed by atoms with E-state index in [9.17, 15) is 8.42 Å². The van der Waals surface area contributed by atoms with E-state index in [1.165, 1.54) is 0 Å². The van der Waals surface area contributed by atoms with Gasteiger partial charge in [0.2, 0.25) is 10.0 Å². The van der Waals surface area contributed by atoms with E-state index < -0.39 is 15.8 Å². The SMILES string of the molecule is CCCSc1ccc(N)c(NS(=O)(=O)CC#N)c1. The molecule has 0 unspecified atom stereocenters. The van der Waals surface area contributed by atoms with Gasteiger partial charge in [0.05, 0.1) is 17.4 Å². The van der Waals surface area contributed by atoms with Crippen LogP contribution in [0.4, 0.5) is 11.4 Å². The van der Waals surface area contributed by atoms with E-state index in [2.05, 4.69) is 11.6 Å². The quantitative estimate of drug-likeness (QED) is 0.616. The van der Waals surface area contributed by atoms with Gasteiger partial charge in [-0.15, -0.1) is 11.8 Å². The van der Waals surface area contributed by atoms with E-state index in [0.29, 0.717) is 11.4 Å². The zero-order valence-electron chi connectivity index (χ0n) is 10.0. The molecule has 0 aliphatic carbocycles. The first kappa shape index (κ1) is 14.7. The van der Waals surface area contributed by atoms with E-state index in [-0.39, 0.29) is 0 Å². The molecule has 0 aromatic heterocycles. The van der Waals surface area contributed by atoms with Gasteiger partial charge in [0.25, 0.3) is 0 Å². The second-order valence-electron chi connectivity index (χ2n) is 3.62. The molecule has 0 saturated heterocycles. The van der Waals surface area contributed by atoms with Crippen LogP contribution < -0.4 is 10.5 Å². The predicted molar refractivity (Wildman–Crippen MR) is 74.9 cm³/mol. The van der Waals surface area contributed by atoms with Crippen LogP contribution in [0.3, 0.4) is 0 Å². The van der Waals surface area contributed by atoms with Crippen LogP contribution in [0.25, 0.3) is 0 Å². The summed E-state index contributed by atoms with van der Waals surface area (Å²) in [5.74, 6) is 0.368. The fraction of sp³-hybridized carbons (Fsp3) is 0.364. The Hall–Kier alpha value is -1.39. The van der Waals surface area contributed by atoms with Crippen molar-refractivity contribution in [2.45, 2.75) is 18.2 Å². The normalized spacial score (nSPS) is 10.9. The third kappa shape index (κ3) is 4.47. The number of nitrogens with two attached hydrogens (primary N) is 1. The van der Waals surface area contributed by atoms with E-state index in [1.807, 2.05) is 6.07 Å². The number of nitrogen functional groups attached to an aromatic ring is 1. The largest absolute Gasteiger partial charge is 0.397 e. The molecule has 1 rings (SSSR count). The van der Waals surface area contributed by atoms with Crippen molar-refractivity contribution < 1.29 is 8.42 Å². The molecule has 0 atom stereocenters. The summed E-state index contributed by atoms with van der Waals surface area (Å²) >= 11 is 1.63. The minimum absolute atomic E-state index is 0.325. The van der Waals surface area contributed by atoms with Gasteiger partial charge in [-0.25, -0.2) is 8.42 Å². The maximum atomic E-state index is 11.5. The van der Waals surface area contributed by atoms with Gasteiger partial charge in [0.15, 0.2) is 5.75 Å². The maximum absolute atomic E-state index is 11.5. The van der Waals surface area contributed by atoms with Crippen LogP contribution in [0, 0.1) is 11.3 Å². The van der Waals surface area contributed by atoms with Gasteiger partial charge in [-0.1, -0.05) is 6.92 Å². The minimum Gasteiger partial charge on any atom is -0.397 e. The van der Waals surface area contributed by atoms with E-state index in [0.717, 1.165) is 17.1 Å². The second kappa shape index (κ2) is 6.52. The van der Waals surface area contributed by atoms with Crippen LogP contribution in [0.15, 0.2) is 23.1 Å². The molecular formula is C11H15N3O2S2. The number of nitrogens with zero attached hydrogens (tertiary/aromatic N) is 1. The average Bonchev–Trinajstić information content (AvgIpc) is 2.29. The first-order valence-corrected chi connectivity index (χ1v) is 8.02. The molecule has 0 heterocycles. The van der Waals surface area contributed by atoms with Crippen molar-refractivity contribution in [3.63, 3.8) is 0 Å². The topological polar surface area (TPSA) is 96.0 Å². The summed E-state index contributed by atoms with van der Waals surface area (Å²) in [7, 11) is -3.64. The van der Waals surface area contributed by atoms with Crippen LogP contribution in [0.2, 0.25) is 0 Å². The third-order valence-electron chi connectivity index (χ3n) is 2.02. The average molecular weight is 285 g/mol. The Morgan fingerprint density at radius 2 is 2.22 bits per heavy atom. The van der Waals surface area contributed by atoms with E-state index in [1.54, 1.807) is 30.0 Å². The van der Waals surface area contributed by atoms with Gasteiger partial charge in [0, 0.05) is 4.90 Å². The van der Waals surface area contributed by atoms with Crippen molar-refractivity contribution in [3.8, 4) is 6.07 Å². The van der Waals surface area contributed by atoms with Crippen molar-refractivity contribution in [1.29, 1.82) is 5.26 Å². The fourth-order valence-electron chi connectivity index (χ4n) is 1.22. The van der Waals surface area contributed by atoms with Gasteiger partial charge in [-0.05, 0) is 30.4 Å². The highest BCUT2D eigenvalue weighted by molar-refractivity contribution is 7.99. The molecule has 3 N–H and O–H groups in total. The number of nitrogens with one attached hydrogen (secondary N) is 1. The van der Waals surface area contributed by atoms with Crippen LogP contribution in [-0.2, 0) is 10.0 Å². The number of hydrogen-bond acceptors (Lipinski definition) is 5. The summed E-state index contributed by atoms with van der Waals surface area (Å²) in [5, 5.41) is 8.42. The zero-order chi connectivity index (χ0) is 13.6. The fourth-order valence-corrected chi connectivity index (χ4v) is 2.78. The molecular weight excluding hydrogens is 270 g/mol. The Labute approximate surface area is 111 Å². The Kier molecular flexibility index (Phi) is 5.31. The molecule has 0 saturated carbocycles. The summed E-state index contributed by atoms with van der Waals surface area (Å²) in [4.78, 5) is 0.945. The molecule has 7 heteroatoms. The number of benzene rings is 1. The number of hydrogen-bond donors (Lipinski definition) is 2. The molecule has 98 valence electrons. The smallest absolute Gasteiger partial charge is 0.246 e. The van der Waals surface area contributed by atoms with Gasteiger partial charge in [-0.2, -0.15) is 5.26 Å². The summed E-state index contributed by atoms with van der Waals surface area (Å²) in [6.45, 7) is 2.07. The number of rotatable bonds is 6. The van der Waals surface area contributed by atoms with E-state index in [4.69, 9.17) is 11.0 Å². The van der Waals surface area contributed by atoms with Crippen molar-refractivity contribution >= 4 is 33.2 Å². The van der Waals surface area contributed by atoms with Crippen molar-refractivity contribution in [1.82, 2.24) is 0 Å². The van der Waals surface area contributed by atoms with Gasteiger partial charge < -0.3 is 5.73 Å². The zero-order valence-corrected chi connectivity index (χ0v) is 11.6. The van der Waals surface area contributed by atoms with Crippen molar-refractivity contribution in [2.24, 2.45) is 0 Å². The number of anilines is 2. The molecule has 0 amide bonds. The Bertz CT molecular complexity index is 550. The second-order valence-corrected chi connectivity index (χ2v) is 6.51. The molecule has 0 aliphatic rings. The minimum atomic E-state index is -3.64. The van der Waals surface area contributed by atoms with Crippen molar-refractivity contribution in [2.75, 3.05) is 22.0 Å². The summed E-state index contributed by atoms with van der Waals surface area (Å²) in [5.41, 5.74) is 6.37. The lowest BCUT2D eigenvalue weighted by molar-refractivity contribution is 0.604. The molecule has 18 heavy (non-hydrogen) atoms. The van der Waals surface area contributed by atoms with Gasteiger partial charge in [0.1, 0.15) is 0 Å². The highest BCUT2D eigenvalue weighted by Gasteiger charge is 2.12.